The highest BCUT2D eigenvalue weighted by atomic mass is 35.5. The minimum Gasteiger partial charge on any atom is -0.299 e. The van der Waals surface area contributed by atoms with Crippen molar-refractivity contribution in [3.63, 3.8) is 0 Å². The Morgan fingerprint density at radius 3 is 2.62 bits per heavy atom. The van der Waals surface area contributed by atoms with Crippen LogP contribution in [0.1, 0.15) is 28.6 Å². The first kappa shape index (κ1) is 18.7. The van der Waals surface area contributed by atoms with Gasteiger partial charge in [-0.25, -0.2) is 4.98 Å². The lowest BCUT2D eigenvalue weighted by molar-refractivity contribution is -0.137. The predicted octanol–water partition coefficient (Wildman–Crippen LogP) is 5.01. The highest BCUT2D eigenvalue weighted by Gasteiger charge is 2.31. The van der Waals surface area contributed by atoms with Crippen LogP contribution in [-0.4, -0.2) is 15.2 Å². The zero-order valence-electron chi connectivity index (χ0n) is 13.2. The summed E-state index contributed by atoms with van der Waals surface area (Å²) in [6.07, 6.45) is -3.14. The van der Waals surface area contributed by atoms with Gasteiger partial charge in [-0.05, 0) is 41.5 Å². The first-order valence-electron chi connectivity index (χ1n) is 7.54. The molecule has 4 nitrogen and oxygen atoms in total. The summed E-state index contributed by atoms with van der Waals surface area (Å²) in [7, 11) is 0. The highest BCUT2D eigenvalue weighted by molar-refractivity contribution is 6.33. The molecule has 0 saturated heterocycles. The van der Waals surface area contributed by atoms with Crippen molar-refractivity contribution >= 4 is 23.2 Å². The Labute approximate surface area is 157 Å². The molecule has 2 aromatic carbocycles. The molecule has 9 heteroatoms. The van der Waals surface area contributed by atoms with Gasteiger partial charge in [0, 0.05) is 16.6 Å². The van der Waals surface area contributed by atoms with E-state index >= 15 is 0 Å². The summed E-state index contributed by atoms with van der Waals surface area (Å²) in [6.45, 7) is 0.279. The van der Waals surface area contributed by atoms with E-state index in [9.17, 15) is 13.2 Å². The number of alkyl halides is 3. The van der Waals surface area contributed by atoms with E-state index < -0.39 is 17.8 Å². The Hall–Kier alpha value is -2.09. The fourth-order valence-electron chi connectivity index (χ4n) is 2.51. The Kier molecular flexibility index (Phi) is 5.50. The smallest absolute Gasteiger partial charge is 0.299 e. The predicted molar refractivity (Wildman–Crippen MR) is 93.0 cm³/mol. The van der Waals surface area contributed by atoms with E-state index in [0.29, 0.717) is 21.4 Å². The number of hydrogen-bond acceptors (Lipinski definition) is 3. The van der Waals surface area contributed by atoms with Gasteiger partial charge in [0.15, 0.2) is 0 Å². The van der Waals surface area contributed by atoms with E-state index in [1.165, 1.54) is 12.4 Å². The summed E-state index contributed by atoms with van der Waals surface area (Å²) in [4.78, 5) is 4.07. The fraction of sp³-hybridized carbons (Fsp3) is 0.176. The maximum absolute atomic E-state index is 13.0. The van der Waals surface area contributed by atoms with Gasteiger partial charge in [0.1, 0.15) is 12.2 Å². The van der Waals surface area contributed by atoms with Crippen molar-refractivity contribution in [1.29, 1.82) is 0 Å². The first-order chi connectivity index (χ1) is 12.3. The highest BCUT2D eigenvalue weighted by Crippen LogP contribution is 2.32. The van der Waals surface area contributed by atoms with E-state index in [1.54, 1.807) is 24.3 Å². The van der Waals surface area contributed by atoms with E-state index in [-0.39, 0.29) is 6.54 Å². The second kappa shape index (κ2) is 7.65. The molecule has 0 saturated carbocycles. The molecule has 3 rings (SSSR count). The molecule has 0 radical (unpaired) electrons. The van der Waals surface area contributed by atoms with Gasteiger partial charge < -0.3 is 0 Å². The topological polar surface area (TPSA) is 53.6 Å². The maximum Gasteiger partial charge on any atom is 0.416 e. The van der Waals surface area contributed by atoms with Crippen LogP contribution >= 0.6 is 23.2 Å². The lowest BCUT2D eigenvalue weighted by Crippen LogP contribution is -2.24. The van der Waals surface area contributed by atoms with Crippen LogP contribution in [0.15, 0.2) is 48.8 Å². The summed E-state index contributed by atoms with van der Waals surface area (Å²) >= 11 is 12.1. The van der Waals surface area contributed by atoms with Gasteiger partial charge >= 0.3 is 6.18 Å². The minimum absolute atomic E-state index is 0.279. The maximum atomic E-state index is 13.0. The van der Waals surface area contributed by atoms with Crippen LogP contribution in [0.25, 0.3) is 0 Å². The Bertz CT molecular complexity index is 882. The summed E-state index contributed by atoms with van der Waals surface area (Å²) in [5.74, 6) is 0.391. The molecule has 26 heavy (non-hydrogen) atoms. The molecule has 2 N–H and O–H groups in total. The molecule has 0 aliphatic rings. The Morgan fingerprint density at radius 2 is 1.92 bits per heavy atom. The van der Waals surface area contributed by atoms with Crippen LogP contribution in [0.5, 0.6) is 0 Å². The molecule has 1 atom stereocenters. The fourth-order valence-corrected chi connectivity index (χ4v) is 2.89. The third-order valence-electron chi connectivity index (χ3n) is 3.76. The normalized spacial score (nSPS) is 13.0. The number of rotatable bonds is 5. The summed E-state index contributed by atoms with van der Waals surface area (Å²) in [6, 6.07) is 9.44. The summed E-state index contributed by atoms with van der Waals surface area (Å²) < 4.78 is 39.1. The third kappa shape index (κ3) is 4.35. The molecule has 0 aliphatic heterocycles. The summed E-state index contributed by atoms with van der Waals surface area (Å²) in [5.41, 5.74) is 0.382. The molecule has 3 aromatic rings. The number of nitrogens with one attached hydrogen (secondary N) is 2. The lowest BCUT2D eigenvalue weighted by atomic mass is 10.0. The van der Waals surface area contributed by atoms with Crippen LogP contribution < -0.4 is 5.32 Å². The first-order valence-corrected chi connectivity index (χ1v) is 8.30. The second-order valence-corrected chi connectivity index (χ2v) is 6.39. The van der Waals surface area contributed by atoms with E-state index in [1.807, 2.05) is 0 Å². The molecule has 0 aliphatic carbocycles. The number of hydrogen-bond donors (Lipinski definition) is 2. The number of H-pyrrole nitrogens is 1. The van der Waals surface area contributed by atoms with Crippen molar-refractivity contribution in [2.24, 2.45) is 0 Å². The van der Waals surface area contributed by atoms with Gasteiger partial charge in [-0.1, -0.05) is 35.3 Å². The molecular weight excluding hydrogens is 388 g/mol. The van der Waals surface area contributed by atoms with Gasteiger partial charge in [0.05, 0.1) is 11.6 Å². The molecule has 0 spiro atoms. The third-order valence-corrected chi connectivity index (χ3v) is 4.36. The molecule has 1 aromatic heterocycles. The van der Waals surface area contributed by atoms with Crippen LogP contribution in [-0.2, 0) is 12.7 Å². The number of halogens is 5. The van der Waals surface area contributed by atoms with Crippen LogP contribution in [0.4, 0.5) is 13.2 Å². The van der Waals surface area contributed by atoms with E-state index in [4.69, 9.17) is 23.2 Å². The van der Waals surface area contributed by atoms with Crippen molar-refractivity contribution in [3.05, 3.63) is 81.4 Å². The van der Waals surface area contributed by atoms with Gasteiger partial charge in [-0.15, -0.1) is 0 Å². The SMILES string of the molecule is FC(F)(F)c1cccc(C(NCc2cc(Cl)ccc2Cl)c2ncn[nH]2)c1. The average Bonchev–Trinajstić information content (AvgIpc) is 3.12. The van der Waals surface area contributed by atoms with Gasteiger partial charge in [-0.2, -0.15) is 18.3 Å². The van der Waals surface area contributed by atoms with Gasteiger partial charge in [0.2, 0.25) is 0 Å². The van der Waals surface area contributed by atoms with Crippen LogP contribution in [0, 0.1) is 0 Å². The Balaban J connectivity index is 1.91. The van der Waals surface area contributed by atoms with Crippen molar-refractivity contribution in [2.45, 2.75) is 18.8 Å². The number of nitrogens with zero attached hydrogens (tertiary/aromatic N) is 2. The van der Waals surface area contributed by atoms with E-state index in [0.717, 1.165) is 17.7 Å². The second-order valence-electron chi connectivity index (χ2n) is 5.54. The average molecular weight is 401 g/mol. The molecule has 0 amide bonds. The molecule has 1 heterocycles. The summed E-state index contributed by atoms with van der Waals surface area (Å²) in [5, 5.41) is 10.6. The lowest BCUT2D eigenvalue weighted by Gasteiger charge is -2.19. The molecule has 1 unspecified atom stereocenters. The van der Waals surface area contributed by atoms with Crippen molar-refractivity contribution in [3.8, 4) is 0 Å². The zero-order valence-corrected chi connectivity index (χ0v) is 14.7. The minimum atomic E-state index is -4.43. The largest absolute Gasteiger partial charge is 0.416 e. The molecule has 0 fully saturated rings. The monoisotopic (exact) mass is 400 g/mol. The zero-order chi connectivity index (χ0) is 18.7. The van der Waals surface area contributed by atoms with Crippen molar-refractivity contribution < 1.29 is 13.2 Å². The van der Waals surface area contributed by atoms with Crippen LogP contribution in [0.3, 0.4) is 0 Å². The van der Waals surface area contributed by atoms with Crippen LogP contribution in [0.2, 0.25) is 10.0 Å². The number of benzene rings is 2. The van der Waals surface area contributed by atoms with Gasteiger partial charge in [-0.3, -0.25) is 10.4 Å². The standard InChI is InChI=1S/C17H13Cl2F3N4/c18-13-4-5-14(19)11(7-13)8-23-15(16-24-9-25-26-16)10-2-1-3-12(6-10)17(20,21)22/h1-7,9,15,23H,8H2,(H,24,25,26). The molecular formula is C17H13Cl2F3N4. The quantitative estimate of drug-likeness (QED) is 0.632. The van der Waals surface area contributed by atoms with E-state index in [2.05, 4.69) is 20.5 Å². The molecule has 0 bridgehead atoms. The number of aromatic amines is 1. The van der Waals surface area contributed by atoms with Crippen molar-refractivity contribution in [1.82, 2.24) is 20.5 Å². The number of aromatic nitrogens is 3. The Morgan fingerprint density at radius 1 is 1.12 bits per heavy atom. The van der Waals surface area contributed by atoms with Crippen molar-refractivity contribution in [2.75, 3.05) is 0 Å². The molecule has 136 valence electrons. The van der Waals surface area contributed by atoms with Gasteiger partial charge in [0.25, 0.3) is 0 Å².